The minimum absolute atomic E-state index is 0.0610. The van der Waals surface area contributed by atoms with E-state index in [0.29, 0.717) is 0 Å². The van der Waals surface area contributed by atoms with Crippen molar-refractivity contribution in [2.24, 2.45) is 5.92 Å². The highest BCUT2D eigenvalue weighted by molar-refractivity contribution is 5.79. The van der Waals surface area contributed by atoms with Gasteiger partial charge in [0.05, 0.1) is 11.6 Å². The third-order valence-corrected chi connectivity index (χ3v) is 5.30. The van der Waals surface area contributed by atoms with Crippen LogP contribution in [0.25, 0.3) is 10.9 Å². The number of alkyl halides is 2. The van der Waals surface area contributed by atoms with E-state index in [4.69, 9.17) is 4.74 Å². The van der Waals surface area contributed by atoms with Crippen LogP contribution in [-0.4, -0.2) is 29.0 Å². The Morgan fingerprint density at radius 2 is 2.00 bits per heavy atom. The molecule has 138 valence electrons. The molecule has 2 aliphatic rings. The first-order valence-electron chi connectivity index (χ1n) is 9.18. The summed E-state index contributed by atoms with van der Waals surface area (Å²) in [5.74, 6) is -2.81. The van der Waals surface area contributed by atoms with Crippen molar-refractivity contribution in [3.05, 3.63) is 36.5 Å². The summed E-state index contributed by atoms with van der Waals surface area (Å²) in [4.78, 5) is 16.2. The summed E-state index contributed by atoms with van der Waals surface area (Å²) < 4.78 is 31.9. The van der Waals surface area contributed by atoms with Crippen LogP contribution in [0.3, 0.4) is 0 Å². The van der Waals surface area contributed by atoms with E-state index in [1.54, 1.807) is 6.20 Å². The molecule has 1 unspecified atom stereocenters. The highest BCUT2D eigenvalue weighted by Gasteiger charge is 2.57. The first kappa shape index (κ1) is 17.2. The van der Waals surface area contributed by atoms with Crippen molar-refractivity contribution in [1.29, 1.82) is 0 Å². The van der Waals surface area contributed by atoms with Crippen molar-refractivity contribution < 1.29 is 18.3 Å². The molecule has 4 rings (SSSR count). The Kier molecular flexibility index (Phi) is 4.51. The second kappa shape index (κ2) is 6.82. The smallest absolute Gasteiger partial charge is 0.252 e. The minimum atomic E-state index is -2.63. The van der Waals surface area contributed by atoms with Crippen molar-refractivity contribution in [2.75, 3.05) is 0 Å². The number of fused-ring (bicyclic) bond motifs is 1. The Labute approximate surface area is 150 Å². The van der Waals surface area contributed by atoms with Crippen molar-refractivity contribution in [3.63, 3.8) is 0 Å². The van der Waals surface area contributed by atoms with Gasteiger partial charge in [0.25, 0.3) is 5.92 Å². The van der Waals surface area contributed by atoms with Crippen LogP contribution in [0.4, 0.5) is 8.78 Å². The molecule has 0 radical (unpaired) electrons. The number of carbonyl (C=O) groups excluding carboxylic acids is 1. The number of aromatic nitrogens is 1. The number of nitrogens with one attached hydrogen (secondary N) is 1. The van der Waals surface area contributed by atoms with Gasteiger partial charge in [-0.05, 0) is 49.9 Å². The summed E-state index contributed by atoms with van der Waals surface area (Å²) in [5.41, 5.74) is 0.938. The second-order valence-electron chi connectivity index (χ2n) is 7.38. The predicted octanol–water partition coefficient (Wildman–Crippen LogP) is 4.09. The lowest BCUT2D eigenvalue weighted by Gasteiger charge is -2.29. The molecule has 4 nitrogen and oxygen atoms in total. The molecular formula is C20H22F2N2O2. The first-order chi connectivity index (χ1) is 12.5. The topological polar surface area (TPSA) is 51.2 Å². The van der Waals surface area contributed by atoms with Crippen LogP contribution < -0.4 is 10.1 Å². The van der Waals surface area contributed by atoms with Gasteiger partial charge in [0.2, 0.25) is 5.91 Å². The summed E-state index contributed by atoms with van der Waals surface area (Å²) in [6, 6.07) is 9.84. The molecule has 2 fully saturated rings. The van der Waals surface area contributed by atoms with Crippen LogP contribution in [-0.2, 0) is 4.79 Å². The maximum atomic E-state index is 12.9. The van der Waals surface area contributed by atoms with Crippen LogP contribution in [0.2, 0.25) is 0 Å². The number of amides is 1. The van der Waals surface area contributed by atoms with E-state index in [9.17, 15) is 13.6 Å². The molecule has 1 heterocycles. The van der Waals surface area contributed by atoms with Gasteiger partial charge in [0, 0.05) is 36.4 Å². The molecule has 1 amide bonds. The summed E-state index contributed by atoms with van der Waals surface area (Å²) in [5, 5.41) is 3.94. The quantitative estimate of drug-likeness (QED) is 0.874. The molecule has 1 aromatic heterocycles. The fraction of sp³-hybridized carbons (Fsp3) is 0.500. The summed E-state index contributed by atoms with van der Waals surface area (Å²) in [7, 11) is 0. The molecule has 0 spiro atoms. The van der Waals surface area contributed by atoms with Gasteiger partial charge in [-0.1, -0.05) is 6.07 Å². The van der Waals surface area contributed by atoms with Gasteiger partial charge in [0.1, 0.15) is 5.75 Å². The number of ether oxygens (including phenoxy) is 1. The van der Waals surface area contributed by atoms with E-state index in [1.165, 1.54) is 0 Å². The number of rotatable bonds is 5. The van der Waals surface area contributed by atoms with Crippen molar-refractivity contribution in [2.45, 2.75) is 56.6 Å². The van der Waals surface area contributed by atoms with Crippen molar-refractivity contribution in [1.82, 2.24) is 10.3 Å². The standard InChI is InChI=1S/C20H22F2N2O2/c21-20(22)12-14(20)11-19(25)24-15-3-5-16(6-4-15)26-17-7-8-18-13(10-17)2-1-9-23-18/h1-2,7-10,14-16H,3-6,11-12H2,(H,24,25). The molecule has 1 N–H and O–H groups in total. The molecule has 2 aromatic rings. The normalized spacial score (nSPS) is 27.1. The van der Waals surface area contributed by atoms with Gasteiger partial charge in [-0.3, -0.25) is 9.78 Å². The Morgan fingerprint density at radius 1 is 1.23 bits per heavy atom. The Bertz CT molecular complexity index is 803. The maximum Gasteiger partial charge on any atom is 0.252 e. The number of hydrogen-bond donors (Lipinski definition) is 1. The fourth-order valence-corrected chi connectivity index (χ4v) is 3.65. The van der Waals surface area contributed by atoms with Gasteiger partial charge < -0.3 is 10.1 Å². The Hall–Kier alpha value is -2.24. The third-order valence-electron chi connectivity index (χ3n) is 5.30. The zero-order chi connectivity index (χ0) is 18.1. The third kappa shape index (κ3) is 3.94. The SMILES string of the molecule is O=C(CC1CC1(F)F)NC1CCC(Oc2ccc3ncccc3c2)CC1. The van der Waals surface area contributed by atoms with Crippen LogP contribution in [0.15, 0.2) is 36.5 Å². The van der Waals surface area contributed by atoms with Gasteiger partial charge in [-0.2, -0.15) is 0 Å². The van der Waals surface area contributed by atoms with E-state index in [2.05, 4.69) is 10.3 Å². The minimum Gasteiger partial charge on any atom is -0.490 e. The fourth-order valence-electron chi connectivity index (χ4n) is 3.65. The lowest BCUT2D eigenvalue weighted by Crippen LogP contribution is -2.39. The molecule has 1 aromatic carbocycles. The molecule has 2 saturated carbocycles. The van der Waals surface area contributed by atoms with Crippen LogP contribution >= 0.6 is 0 Å². The van der Waals surface area contributed by atoms with Gasteiger partial charge in [-0.25, -0.2) is 8.78 Å². The average molecular weight is 360 g/mol. The second-order valence-corrected chi connectivity index (χ2v) is 7.38. The zero-order valence-electron chi connectivity index (χ0n) is 14.5. The van der Waals surface area contributed by atoms with Gasteiger partial charge in [-0.15, -0.1) is 0 Å². The lowest BCUT2D eigenvalue weighted by atomic mass is 9.92. The molecule has 1 atom stereocenters. The molecule has 0 aliphatic heterocycles. The molecule has 0 saturated heterocycles. The highest BCUT2D eigenvalue weighted by Crippen LogP contribution is 2.50. The monoisotopic (exact) mass is 360 g/mol. The van der Waals surface area contributed by atoms with E-state index in [-0.39, 0.29) is 30.9 Å². The van der Waals surface area contributed by atoms with Crippen molar-refractivity contribution >= 4 is 16.8 Å². The van der Waals surface area contributed by atoms with Crippen LogP contribution in [0.5, 0.6) is 5.75 Å². The van der Waals surface area contributed by atoms with E-state index in [1.807, 2.05) is 30.3 Å². The average Bonchev–Trinajstić information content (AvgIpc) is 3.22. The molecule has 26 heavy (non-hydrogen) atoms. The lowest BCUT2D eigenvalue weighted by molar-refractivity contribution is -0.123. The Morgan fingerprint density at radius 3 is 2.73 bits per heavy atom. The number of nitrogens with zero attached hydrogens (tertiary/aromatic N) is 1. The van der Waals surface area contributed by atoms with E-state index in [0.717, 1.165) is 42.3 Å². The highest BCUT2D eigenvalue weighted by atomic mass is 19.3. The Balaban J connectivity index is 1.24. The summed E-state index contributed by atoms with van der Waals surface area (Å²) >= 11 is 0. The molecular weight excluding hydrogens is 338 g/mol. The number of carbonyl (C=O) groups is 1. The van der Waals surface area contributed by atoms with Gasteiger partial charge in [0.15, 0.2) is 0 Å². The number of halogens is 2. The summed E-state index contributed by atoms with van der Waals surface area (Å²) in [6.07, 6.45) is 4.98. The first-order valence-corrected chi connectivity index (χ1v) is 9.18. The zero-order valence-corrected chi connectivity index (χ0v) is 14.5. The van der Waals surface area contributed by atoms with Crippen LogP contribution in [0.1, 0.15) is 38.5 Å². The number of hydrogen-bond acceptors (Lipinski definition) is 3. The largest absolute Gasteiger partial charge is 0.490 e. The van der Waals surface area contributed by atoms with E-state index >= 15 is 0 Å². The summed E-state index contributed by atoms with van der Waals surface area (Å²) in [6.45, 7) is 0. The molecule has 2 aliphatic carbocycles. The van der Waals surface area contributed by atoms with Crippen molar-refractivity contribution in [3.8, 4) is 5.75 Å². The van der Waals surface area contributed by atoms with E-state index < -0.39 is 11.8 Å². The number of pyridine rings is 1. The van der Waals surface area contributed by atoms with Crippen LogP contribution in [0, 0.1) is 5.92 Å². The number of benzene rings is 1. The maximum absolute atomic E-state index is 12.9. The molecule has 6 heteroatoms. The molecule has 0 bridgehead atoms. The predicted molar refractivity (Wildman–Crippen MR) is 94.2 cm³/mol. The van der Waals surface area contributed by atoms with Gasteiger partial charge >= 0.3 is 0 Å².